The zero-order valence-corrected chi connectivity index (χ0v) is 42.4. The van der Waals surface area contributed by atoms with Gasteiger partial charge in [0.25, 0.3) is 0 Å². The second kappa shape index (κ2) is 44.1. The molecule has 0 aromatic carbocycles. The van der Waals surface area contributed by atoms with Gasteiger partial charge >= 0.3 is 16.4 Å². The molecule has 4 N–H and O–H groups in total. The Labute approximate surface area is 398 Å². The van der Waals surface area contributed by atoms with Gasteiger partial charge in [0.05, 0.1) is 19.8 Å². The molecule has 1 rings (SSSR count). The van der Waals surface area contributed by atoms with E-state index in [2.05, 4.69) is 30.2 Å². The van der Waals surface area contributed by atoms with E-state index in [4.69, 9.17) is 18.9 Å². The van der Waals surface area contributed by atoms with Gasteiger partial charge < -0.3 is 34.3 Å². The Balaban J connectivity index is 2.27. The van der Waals surface area contributed by atoms with Crippen LogP contribution in [0.15, 0.2) is 12.2 Å². The van der Waals surface area contributed by atoms with E-state index in [1.165, 1.54) is 180 Å². The third kappa shape index (κ3) is 37.4. The number of hydrogen-bond acceptors (Lipinski definition) is 11. The van der Waals surface area contributed by atoms with E-state index in [1.807, 2.05) is 0 Å². The smallest absolute Gasteiger partial charge is 0.397 e. The van der Waals surface area contributed by atoms with Gasteiger partial charge in [-0.2, -0.15) is 8.42 Å². The number of carbonyl (C=O) groups excluding carboxylic acids is 1. The predicted octanol–water partition coefficient (Wildman–Crippen LogP) is 12.6. The van der Waals surface area contributed by atoms with E-state index in [0.29, 0.717) is 13.0 Å². The maximum Gasteiger partial charge on any atom is 0.397 e. The largest absolute Gasteiger partial charge is 0.457 e. The lowest BCUT2D eigenvalue weighted by Gasteiger charge is -2.41. The number of hydrogen-bond donors (Lipinski definition) is 4. The molecule has 0 aliphatic carbocycles. The quantitative estimate of drug-likeness (QED) is 0.0197. The van der Waals surface area contributed by atoms with Crippen LogP contribution in [0.2, 0.25) is 0 Å². The highest BCUT2D eigenvalue weighted by molar-refractivity contribution is 7.80. The molecule has 12 nitrogen and oxygen atoms in total. The average Bonchev–Trinajstić information content (AvgIpc) is 3.28. The second-order valence-electron chi connectivity index (χ2n) is 18.8. The fraction of sp³-hybridized carbons (Fsp3) is 0.942. The molecule has 0 spiro atoms. The molecule has 0 radical (unpaired) electrons. The lowest BCUT2D eigenvalue weighted by Crippen LogP contribution is -2.60. The summed E-state index contributed by atoms with van der Waals surface area (Å²) in [5.41, 5.74) is 0. The molecule has 1 aliphatic heterocycles. The van der Waals surface area contributed by atoms with Crippen molar-refractivity contribution in [2.24, 2.45) is 0 Å². The van der Waals surface area contributed by atoms with Gasteiger partial charge in [-0.15, -0.1) is 0 Å². The van der Waals surface area contributed by atoms with E-state index in [-0.39, 0.29) is 19.6 Å². The minimum absolute atomic E-state index is 0.0373. The summed E-state index contributed by atoms with van der Waals surface area (Å²) in [6, 6.07) is 0. The van der Waals surface area contributed by atoms with Gasteiger partial charge in [0, 0.05) is 13.0 Å². The molecule has 0 aromatic rings. The Bertz CT molecular complexity index is 1190. The molecule has 0 aromatic heterocycles. The van der Waals surface area contributed by atoms with Crippen LogP contribution in [-0.2, 0) is 38.3 Å². The summed E-state index contributed by atoms with van der Waals surface area (Å²) in [6.45, 7) is 4.00. The molecular weight excluding hydrogens is 849 g/mol. The number of allylic oxidation sites excluding steroid dienone is 2. The zero-order chi connectivity index (χ0) is 47.5. The highest BCUT2D eigenvalue weighted by Crippen LogP contribution is 2.26. The summed E-state index contributed by atoms with van der Waals surface area (Å²) in [5.74, 6) is -0.395. The van der Waals surface area contributed by atoms with E-state index in [1.54, 1.807) is 0 Å². The van der Waals surface area contributed by atoms with Gasteiger partial charge in [-0.1, -0.05) is 219 Å². The lowest BCUT2D eigenvalue weighted by molar-refractivity contribution is -0.301. The zero-order valence-electron chi connectivity index (χ0n) is 41.6. The first-order valence-corrected chi connectivity index (χ1v) is 28.3. The van der Waals surface area contributed by atoms with Crippen LogP contribution in [0.25, 0.3) is 0 Å². The van der Waals surface area contributed by atoms with Crippen molar-refractivity contribution in [3.8, 4) is 0 Å². The second-order valence-corrected chi connectivity index (χ2v) is 19.9. The van der Waals surface area contributed by atoms with Gasteiger partial charge in [0.15, 0.2) is 6.29 Å². The molecule has 1 fully saturated rings. The molecule has 1 heterocycles. The molecule has 1 saturated heterocycles. The standard InChI is InChI=1S/C52H100O12S/c1-3-5-7-9-11-13-15-17-18-19-20-21-22-23-24-25-26-27-28-29-31-33-35-37-39-41-48(54)62-46(44-60-42-40-38-36-34-32-30-16-14-12-10-8-6-4-2)45-61-52-50(56)51(64-65(57,58)59)49(55)47(43-53)63-52/h12,14,46-47,49-53,55-56H,3-11,13,15-45H2,1-2H3,(H,57,58,59)/b14-12-. The van der Waals surface area contributed by atoms with Crippen LogP contribution in [-0.4, -0.2) is 97.5 Å². The van der Waals surface area contributed by atoms with E-state index < -0.39 is 59.8 Å². The third-order valence-electron chi connectivity index (χ3n) is 12.6. The van der Waals surface area contributed by atoms with E-state index in [9.17, 15) is 33.1 Å². The molecule has 1 aliphatic rings. The molecule has 6 atom stereocenters. The minimum Gasteiger partial charge on any atom is -0.457 e. The van der Waals surface area contributed by atoms with Crippen molar-refractivity contribution < 1.29 is 56.2 Å². The van der Waals surface area contributed by atoms with Crippen molar-refractivity contribution in [2.75, 3.05) is 26.4 Å². The van der Waals surface area contributed by atoms with Gasteiger partial charge in [-0.3, -0.25) is 9.35 Å². The van der Waals surface area contributed by atoms with Gasteiger partial charge in [-0.25, -0.2) is 4.18 Å². The third-order valence-corrected chi connectivity index (χ3v) is 13.1. The average molecular weight is 949 g/mol. The first-order chi connectivity index (χ1) is 31.6. The number of unbranched alkanes of at least 4 members (excludes halogenated alkanes) is 33. The summed E-state index contributed by atoms with van der Waals surface area (Å²) in [4.78, 5) is 12.9. The van der Waals surface area contributed by atoms with Gasteiger partial charge in [0.2, 0.25) is 0 Å². The minimum atomic E-state index is -5.06. The van der Waals surface area contributed by atoms with Crippen LogP contribution in [0.4, 0.5) is 0 Å². The van der Waals surface area contributed by atoms with Crippen LogP contribution in [0, 0.1) is 0 Å². The van der Waals surface area contributed by atoms with Crippen LogP contribution in [0.1, 0.15) is 251 Å². The normalized spacial score (nSPS) is 19.6. The summed E-state index contributed by atoms with van der Waals surface area (Å²) in [6.07, 6.45) is 41.2. The van der Waals surface area contributed by atoms with Crippen molar-refractivity contribution in [1.82, 2.24) is 0 Å². The first kappa shape index (κ1) is 61.9. The highest BCUT2D eigenvalue weighted by atomic mass is 32.3. The van der Waals surface area contributed by atoms with Crippen molar-refractivity contribution >= 4 is 16.4 Å². The van der Waals surface area contributed by atoms with Crippen molar-refractivity contribution in [3.05, 3.63) is 12.2 Å². The maximum absolute atomic E-state index is 12.9. The van der Waals surface area contributed by atoms with Crippen LogP contribution in [0.5, 0.6) is 0 Å². The van der Waals surface area contributed by atoms with Crippen LogP contribution < -0.4 is 0 Å². The maximum atomic E-state index is 12.9. The fourth-order valence-electron chi connectivity index (χ4n) is 8.55. The topological polar surface area (TPSA) is 178 Å². The predicted molar refractivity (Wildman–Crippen MR) is 262 cm³/mol. The molecule has 0 amide bonds. The van der Waals surface area contributed by atoms with Gasteiger partial charge in [0.1, 0.15) is 30.5 Å². The molecule has 0 bridgehead atoms. The monoisotopic (exact) mass is 949 g/mol. The lowest BCUT2D eigenvalue weighted by atomic mass is 9.99. The molecule has 386 valence electrons. The number of esters is 1. The fourth-order valence-corrected chi connectivity index (χ4v) is 9.06. The Hall–Kier alpha value is -1.16. The summed E-state index contributed by atoms with van der Waals surface area (Å²) >= 11 is 0. The molecular formula is C52H100O12S. The van der Waals surface area contributed by atoms with E-state index in [0.717, 1.165) is 44.9 Å². The van der Waals surface area contributed by atoms with Crippen molar-refractivity contribution in [1.29, 1.82) is 0 Å². The molecule has 65 heavy (non-hydrogen) atoms. The Morgan fingerprint density at radius 3 is 1.42 bits per heavy atom. The molecule has 6 unspecified atom stereocenters. The number of aliphatic hydroxyl groups excluding tert-OH is 3. The van der Waals surface area contributed by atoms with Crippen LogP contribution >= 0.6 is 0 Å². The Morgan fingerprint density at radius 1 is 0.569 bits per heavy atom. The number of carbonyl (C=O) groups is 1. The molecule has 13 heteroatoms. The summed E-state index contributed by atoms with van der Waals surface area (Å²) in [5, 5.41) is 30.7. The first-order valence-electron chi connectivity index (χ1n) is 26.9. The Kier molecular flexibility index (Phi) is 41.9. The summed E-state index contributed by atoms with van der Waals surface area (Å²) < 4.78 is 59.2. The number of rotatable bonds is 48. The highest BCUT2D eigenvalue weighted by Gasteiger charge is 2.48. The van der Waals surface area contributed by atoms with Crippen LogP contribution in [0.3, 0.4) is 0 Å². The van der Waals surface area contributed by atoms with Crippen molar-refractivity contribution in [2.45, 2.75) is 288 Å². The Morgan fingerprint density at radius 2 is 0.969 bits per heavy atom. The number of ether oxygens (including phenoxy) is 4. The van der Waals surface area contributed by atoms with E-state index >= 15 is 0 Å². The van der Waals surface area contributed by atoms with Crippen molar-refractivity contribution in [3.63, 3.8) is 0 Å². The molecule has 0 saturated carbocycles. The van der Waals surface area contributed by atoms with Gasteiger partial charge in [-0.05, 0) is 38.5 Å². The summed E-state index contributed by atoms with van der Waals surface area (Å²) in [7, 11) is -5.06. The number of aliphatic hydroxyl groups is 3. The SMILES string of the molecule is CCCCC/C=C\CCCCCCCCOCC(COC1OC(CO)C(O)C(OS(=O)(=O)O)C1O)OC(=O)CCCCCCCCCCCCCCCCCCCCCCCCCCC.